The van der Waals surface area contributed by atoms with E-state index in [4.69, 9.17) is 4.99 Å². The molecule has 5 rings (SSSR count). The van der Waals surface area contributed by atoms with Crippen molar-refractivity contribution in [2.45, 2.75) is 24.5 Å². The Bertz CT molecular complexity index is 1600. The second-order valence-electron chi connectivity index (χ2n) is 7.32. The second-order valence-corrected chi connectivity index (χ2v) is 7.32. The van der Waals surface area contributed by atoms with Crippen molar-refractivity contribution in [1.82, 2.24) is 15.3 Å². The van der Waals surface area contributed by atoms with Gasteiger partial charge in [0.05, 0.1) is 23.1 Å². The van der Waals surface area contributed by atoms with Gasteiger partial charge in [0.2, 0.25) is 0 Å². The molecule has 0 radical (unpaired) electrons. The first-order valence-electron chi connectivity index (χ1n) is 9.25. The summed E-state index contributed by atoms with van der Waals surface area (Å²) in [5.74, 6) is 0. The average molecular weight is 416 g/mol. The molecule has 32 heavy (non-hydrogen) atoms. The van der Waals surface area contributed by atoms with E-state index in [9.17, 15) is 26.3 Å². The molecule has 148 valence electrons. The lowest BCUT2D eigenvalue weighted by Gasteiger charge is -2.38. The average Bonchev–Trinajstić information content (AvgIpc) is 3.67. The normalized spacial score (nSPS) is 26.6. The van der Waals surface area contributed by atoms with Gasteiger partial charge in [0.25, 0.3) is 0 Å². The fraction of sp³-hybridized carbons (Fsp3) is 0.250. The number of aromatic nitrogens is 2. The van der Waals surface area contributed by atoms with Gasteiger partial charge in [-0.15, -0.1) is 0 Å². The van der Waals surface area contributed by atoms with Gasteiger partial charge in [0.15, 0.2) is 28.5 Å². The van der Waals surface area contributed by atoms with Gasteiger partial charge < -0.3 is 5.32 Å². The lowest BCUT2D eigenvalue weighted by Crippen LogP contribution is -2.56. The standard InChI is InChI=1S/C20H8N12/c1-20-18-16(29-10(4-23)11(5-24)30-18)15-17(28-9(3-22)8(2-21)27-15)19(20)31-12(6-25)14(32-20)13-7-26-13/h13,18,26H,7H2,1H3. The minimum Gasteiger partial charge on any atom is -0.306 e. The van der Waals surface area contributed by atoms with Crippen molar-refractivity contribution >= 4 is 34.2 Å². The van der Waals surface area contributed by atoms with Crippen LogP contribution in [0.25, 0.3) is 11.4 Å². The molecule has 1 aliphatic carbocycles. The van der Waals surface area contributed by atoms with Crippen LogP contribution in [0, 0.1) is 56.7 Å². The summed E-state index contributed by atoms with van der Waals surface area (Å²) >= 11 is 0. The Morgan fingerprint density at radius 3 is 2.03 bits per heavy atom. The van der Waals surface area contributed by atoms with Crippen LogP contribution in [0.4, 0.5) is 0 Å². The van der Waals surface area contributed by atoms with Crippen molar-refractivity contribution in [3.8, 4) is 30.3 Å². The molecular weight excluding hydrogens is 408 g/mol. The first-order valence-corrected chi connectivity index (χ1v) is 9.25. The van der Waals surface area contributed by atoms with Gasteiger partial charge in [0, 0.05) is 6.54 Å². The van der Waals surface area contributed by atoms with E-state index in [1.165, 1.54) is 0 Å². The molecular formula is C20H8N12. The number of aliphatic imine (C=N–C) groups is 4. The summed E-state index contributed by atoms with van der Waals surface area (Å²) in [4.78, 5) is 26.6. The fourth-order valence-electron chi connectivity index (χ4n) is 3.85. The van der Waals surface area contributed by atoms with E-state index < -0.39 is 11.6 Å². The first kappa shape index (κ1) is 18.9. The Balaban J connectivity index is 1.98. The van der Waals surface area contributed by atoms with Gasteiger partial charge in [-0.05, 0) is 6.92 Å². The van der Waals surface area contributed by atoms with E-state index in [1.807, 2.05) is 30.3 Å². The number of fused-ring (bicyclic) bond motifs is 4. The smallest absolute Gasteiger partial charge is 0.177 e. The van der Waals surface area contributed by atoms with Crippen molar-refractivity contribution in [1.29, 1.82) is 26.3 Å². The molecule has 1 fully saturated rings. The van der Waals surface area contributed by atoms with Crippen LogP contribution in [-0.2, 0) is 0 Å². The summed E-state index contributed by atoms with van der Waals surface area (Å²) in [5.41, 5.74) is -1.07. The third kappa shape index (κ3) is 2.41. The summed E-state index contributed by atoms with van der Waals surface area (Å²) < 4.78 is 0. The maximum Gasteiger partial charge on any atom is 0.177 e. The SMILES string of the molecule is CC12N=C(C3CN3)C(C#N)=NC1=c1nc(C#N)c(C#N)nc1=C1N=C(C#N)C(C#N)=NC12. The monoisotopic (exact) mass is 416 g/mol. The second kappa shape index (κ2) is 6.45. The fourth-order valence-corrected chi connectivity index (χ4v) is 3.85. The molecule has 3 aliphatic heterocycles. The molecule has 4 heterocycles. The quantitative estimate of drug-likeness (QED) is 0.499. The van der Waals surface area contributed by atoms with Crippen molar-refractivity contribution < 1.29 is 0 Å². The first-order chi connectivity index (χ1) is 15.5. The highest BCUT2D eigenvalue weighted by molar-refractivity contribution is 6.54. The minimum atomic E-state index is -1.23. The van der Waals surface area contributed by atoms with Gasteiger partial charge in [-0.2, -0.15) is 26.3 Å². The molecule has 0 aromatic carbocycles. The molecule has 1 aromatic heterocycles. The summed E-state index contributed by atoms with van der Waals surface area (Å²) in [6, 6.07) is 8.39. The molecule has 12 nitrogen and oxygen atoms in total. The van der Waals surface area contributed by atoms with E-state index in [2.05, 4.69) is 30.3 Å². The van der Waals surface area contributed by atoms with Crippen LogP contribution in [0.2, 0.25) is 0 Å². The zero-order valence-corrected chi connectivity index (χ0v) is 16.3. The molecule has 12 heteroatoms. The predicted molar refractivity (Wildman–Crippen MR) is 108 cm³/mol. The third-order valence-electron chi connectivity index (χ3n) is 5.44. The van der Waals surface area contributed by atoms with Gasteiger partial charge in [-0.25, -0.2) is 20.0 Å². The summed E-state index contributed by atoms with van der Waals surface area (Å²) in [5, 5.41) is 50.8. The maximum atomic E-state index is 9.65. The number of hydrogen-bond acceptors (Lipinski definition) is 12. The molecule has 3 unspecified atom stereocenters. The lowest BCUT2D eigenvalue weighted by molar-refractivity contribution is 0.524. The largest absolute Gasteiger partial charge is 0.306 e. The van der Waals surface area contributed by atoms with Crippen molar-refractivity contribution in [3.05, 3.63) is 22.1 Å². The van der Waals surface area contributed by atoms with Crippen LogP contribution >= 0.6 is 0 Å². The topological polar surface area (TPSA) is 216 Å². The molecule has 0 amide bonds. The highest BCUT2D eigenvalue weighted by Crippen LogP contribution is 2.39. The summed E-state index contributed by atoms with van der Waals surface area (Å²) in [6.45, 7) is 2.35. The van der Waals surface area contributed by atoms with Gasteiger partial charge >= 0.3 is 0 Å². The summed E-state index contributed by atoms with van der Waals surface area (Å²) in [6.07, 6.45) is 0. The van der Waals surface area contributed by atoms with Crippen LogP contribution in [0.1, 0.15) is 18.3 Å². The molecule has 1 saturated heterocycles. The highest BCUT2D eigenvalue weighted by Gasteiger charge is 2.50. The van der Waals surface area contributed by atoms with Crippen molar-refractivity contribution in [2.24, 2.45) is 20.0 Å². The Kier molecular flexibility index (Phi) is 3.81. The molecule has 1 N–H and O–H groups in total. The van der Waals surface area contributed by atoms with Crippen LogP contribution in [0.15, 0.2) is 20.0 Å². The third-order valence-corrected chi connectivity index (χ3v) is 5.44. The summed E-state index contributed by atoms with van der Waals surface area (Å²) in [7, 11) is 0. The highest BCUT2D eigenvalue weighted by atomic mass is 15.2. The van der Waals surface area contributed by atoms with E-state index in [1.54, 1.807) is 6.92 Å². The number of nitrogens with zero attached hydrogens (tertiary/aromatic N) is 11. The van der Waals surface area contributed by atoms with Crippen molar-refractivity contribution in [2.75, 3.05) is 6.54 Å². The van der Waals surface area contributed by atoms with Crippen LogP contribution < -0.4 is 16.0 Å². The van der Waals surface area contributed by atoms with E-state index in [0.717, 1.165) is 0 Å². The minimum absolute atomic E-state index is 0.0908. The Morgan fingerprint density at radius 2 is 1.47 bits per heavy atom. The van der Waals surface area contributed by atoms with Crippen molar-refractivity contribution in [3.63, 3.8) is 0 Å². The zero-order chi connectivity index (χ0) is 22.6. The number of hydrogen-bond donors (Lipinski definition) is 1. The lowest BCUT2D eigenvalue weighted by atomic mass is 9.81. The van der Waals surface area contributed by atoms with Crippen LogP contribution in [0.5, 0.6) is 0 Å². The molecule has 0 bridgehead atoms. The van der Waals surface area contributed by atoms with E-state index in [0.29, 0.717) is 12.3 Å². The molecule has 0 saturated carbocycles. The van der Waals surface area contributed by atoms with Gasteiger partial charge in [-0.1, -0.05) is 0 Å². The van der Waals surface area contributed by atoms with Gasteiger partial charge in [-0.3, -0.25) is 9.98 Å². The number of rotatable bonds is 1. The predicted octanol–water partition coefficient (Wildman–Crippen LogP) is -2.09. The number of nitrogens with one attached hydrogen (secondary N) is 1. The van der Waals surface area contributed by atoms with Gasteiger partial charge in [0.1, 0.15) is 52.6 Å². The molecule has 1 aromatic rings. The number of nitriles is 5. The Labute approximate surface area is 179 Å². The van der Waals surface area contributed by atoms with Crippen LogP contribution in [-0.4, -0.2) is 57.0 Å². The molecule has 0 spiro atoms. The van der Waals surface area contributed by atoms with E-state index >= 15 is 0 Å². The zero-order valence-electron chi connectivity index (χ0n) is 16.3. The molecule has 4 aliphatic rings. The van der Waals surface area contributed by atoms with Crippen LogP contribution in [0.3, 0.4) is 0 Å². The molecule has 3 atom stereocenters. The Hall–Kier alpha value is -5.09. The maximum absolute atomic E-state index is 9.65. The van der Waals surface area contributed by atoms with E-state index in [-0.39, 0.29) is 56.7 Å². The Morgan fingerprint density at radius 1 is 0.844 bits per heavy atom.